The lowest BCUT2D eigenvalue weighted by Crippen LogP contribution is -2.37. The predicted molar refractivity (Wildman–Crippen MR) is 156 cm³/mol. The van der Waals surface area contributed by atoms with Crippen LogP contribution >= 0.6 is 11.6 Å². The standard InChI is InChI=1S/C30H33ClN4O5/c1-5-39-27-15-22(11-14-26(27)40-18-28(36)34-25-8-6-7-24(31)20(25)4)17-33-35-30(38)29(37)32-16-21-9-12-23(13-10-21)19(2)3/h6-15,17,19H,5,16,18H2,1-4H3,(H,32,37)(H,34,36)(H,35,38)/b33-17-. The van der Waals surface area contributed by atoms with Gasteiger partial charge in [0.05, 0.1) is 12.8 Å². The normalized spacial score (nSPS) is 10.8. The van der Waals surface area contributed by atoms with Crippen molar-refractivity contribution in [1.82, 2.24) is 10.7 Å². The fourth-order valence-corrected chi connectivity index (χ4v) is 3.74. The SMILES string of the molecule is CCOc1cc(/C=N\NC(=O)C(=O)NCc2ccc(C(C)C)cc2)ccc1OCC(=O)Nc1cccc(Cl)c1C. The molecule has 3 aromatic rings. The summed E-state index contributed by atoms with van der Waals surface area (Å²) in [5.41, 5.74) is 6.25. The quantitative estimate of drug-likeness (QED) is 0.173. The molecule has 0 spiro atoms. The number of benzene rings is 3. The maximum atomic E-state index is 12.4. The number of halogens is 1. The van der Waals surface area contributed by atoms with Crippen molar-refractivity contribution in [2.24, 2.45) is 5.10 Å². The van der Waals surface area contributed by atoms with Gasteiger partial charge in [0.1, 0.15) is 0 Å². The van der Waals surface area contributed by atoms with Gasteiger partial charge in [-0.15, -0.1) is 0 Å². The summed E-state index contributed by atoms with van der Waals surface area (Å²) in [5.74, 6) is -0.868. The number of rotatable bonds is 11. The van der Waals surface area contributed by atoms with E-state index in [1.54, 1.807) is 36.4 Å². The third-order valence-corrected chi connectivity index (χ3v) is 6.26. The molecule has 0 radical (unpaired) electrons. The molecule has 3 amide bonds. The third kappa shape index (κ3) is 8.84. The van der Waals surface area contributed by atoms with E-state index in [0.717, 1.165) is 11.1 Å². The zero-order chi connectivity index (χ0) is 29.1. The molecule has 0 saturated heterocycles. The molecule has 0 aliphatic carbocycles. The number of amides is 3. The Bertz CT molecular complexity index is 1370. The molecule has 9 nitrogen and oxygen atoms in total. The van der Waals surface area contributed by atoms with Crippen LogP contribution in [0.15, 0.2) is 65.8 Å². The van der Waals surface area contributed by atoms with Crippen LogP contribution in [0.25, 0.3) is 0 Å². The van der Waals surface area contributed by atoms with Crippen LogP contribution in [-0.4, -0.2) is 37.1 Å². The highest BCUT2D eigenvalue weighted by molar-refractivity contribution is 6.35. The summed E-state index contributed by atoms with van der Waals surface area (Å²) >= 11 is 6.11. The molecule has 0 fully saturated rings. The molecule has 0 aliphatic rings. The monoisotopic (exact) mass is 564 g/mol. The van der Waals surface area contributed by atoms with Gasteiger partial charge < -0.3 is 20.1 Å². The van der Waals surface area contributed by atoms with Crippen LogP contribution in [0.2, 0.25) is 5.02 Å². The zero-order valence-corrected chi connectivity index (χ0v) is 23.7. The lowest BCUT2D eigenvalue weighted by Gasteiger charge is -2.13. The maximum Gasteiger partial charge on any atom is 0.329 e. The molecule has 0 bridgehead atoms. The predicted octanol–water partition coefficient (Wildman–Crippen LogP) is 4.95. The van der Waals surface area contributed by atoms with Gasteiger partial charge in [-0.25, -0.2) is 5.43 Å². The van der Waals surface area contributed by atoms with Gasteiger partial charge in [-0.2, -0.15) is 5.10 Å². The Morgan fingerprint density at radius 2 is 1.73 bits per heavy atom. The number of hydrazone groups is 1. The first kappa shape index (κ1) is 30.2. The smallest absolute Gasteiger partial charge is 0.329 e. The van der Waals surface area contributed by atoms with Crippen LogP contribution in [-0.2, 0) is 20.9 Å². The van der Waals surface area contributed by atoms with Crippen LogP contribution in [0.1, 0.15) is 48.9 Å². The molecule has 3 rings (SSSR count). The van der Waals surface area contributed by atoms with E-state index in [1.807, 2.05) is 38.1 Å². The summed E-state index contributed by atoms with van der Waals surface area (Å²) in [7, 11) is 0. The summed E-state index contributed by atoms with van der Waals surface area (Å²) in [4.78, 5) is 36.6. The summed E-state index contributed by atoms with van der Waals surface area (Å²) in [6, 6.07) is 18.0. The second-order valence-electron chi connectivity index (χ2n) is 9.17. The molecule has 0 unspecified atom stereocenters. The molecular formula is C30H33ClN4O5. The molecule has 3 aromatic carbocycles. The van der Waals surface area contributed by atoms with Crippen LogP contribution in [0.4, 0.5) is 5.69 Å². The van der Waals surface area contributed by atoms with Gasteiger partial charge in [0, 0.05) is 17.3 Å². The van der Waals surface area contributed by atoms with Gasteiger partial charge in [0.15, 0.2) is 18.1 Å². The highest BCUT2D eigenvalue weighted by Gasteiger charge is 2.13. The molecular weight excluding hydrogens is 532 g/mol. The highest BCUT2D eigenvalue weighted by Crippen LogP contribution is 2.28. The first-order valence-corrected chi connectivity index (χ1v) is 13.2. The van der Waals surface area contributed by atoms with Gasteiger partial charge in [-0.3, -0.25) is 14.4 Å². The number of nitrogens with one attached hydrogen (secondary N) is 3. The first-order chi connectivity index (χ1) is 19.2. The van der Waals surface area contributed by atoms with E-state index in [0.29, 0.717) is 40.3 Å². The Balaban J connectivity index is 1.52. The summed E-state index contributed by atoms with van der Waals surface area (Å²) in [5, 5.41) is 9.76. The summed E-state index contributed by atoms with van der Waals surface area (Å²) in [6.07, 6.45) is 1.37. The van der Waals surface area contributed by atoms with Crippen LogP contribution in [0.3, 0.4) is 0 Å². The van der Waals surface area contributed by atoms with Gasteiger partial charge in [0.25, 0.3) is 5.91 Å². The number of hydrogen-bond donors (Lipinski definition) is 3. The van der Waals surface area contributed by atoms with Crippen molar-refractivity contribution in [2.75, 3.05) is 18.5 Å². The molecule has 0 atom stereocenters. The number of nitrogens with zero attached hydrogens (tertiary/aromatic N) is 1. The van der Waals surface area contributed by atoms with Gasteiger partial charge in [0.2, 0.25) is 0 Å². The lowest BCUT2D eigenvalue weighted by molar-refractivity contribution is -0.139. The van der Waals surface area contributed by atoms with Crippen LogP contribution < -0.4 is 25.5 Å². The number of anilines is 1. The fourth-order valence-electron chi connectivity index (χ4n) is 3.56. The zero-order valence-electron chi connectivity index (χ0n) is 22.9. The highest BCUT2D eigenvalue weighted by atomic mass is 35.5. The second kappa shape index (κ2) is 14.7. The second-order valence-corrected chi connectivity index (χ2v) is 9.57. The molecule has 0 aliphatic heterocycles. The molecule has 210 valence electrons. The van der Waals surface area contributed by atoms with Gasteiger partial charge in [-0.1, -0.05) is 55.8 Å². The van der Waals surface area contributed by atoms with E-state index in [4.69, 9.17) is 21.1 Å². The Labute approximate surface area is 238 Å². The largest absolute Gasteiger partial charge is 0.490 e. The minimum Gasteiger partial charge on any atom is -0.490 e. The topological polar surface area (TPSA) is 118 Å². The van der Waals surface area contributed by atoms with Crippen LogP contribution in [0.5, 0.6) is 11.5 Å². The molecule has 3 N–H and O–H groups in total. The average molecular weight is 565 g/mol. The van der Waals surface area contributed by atoms with E-state index in [1.165, 1.54) is 11.8 Å². The third-order valence-electron chi connectivity index (χ3n) is 5.85. The summed E-state index contributed by atoms with van der Waals surface area (Å²) in [6.45, 7) is 8.18. The Morgan fingerprint density at radius 1 is 0.975 bits per heavy atom. The average Bonchev–Trinajstić information content (AvgIpc) is 2.94. The van der Waals surface area contributed by atoms with E-state index >= 15 is 0 Å². The Morgan fingerprint density at radius 3 is 2.42 bits per heavy atom. The fraction of sp³-hybridized carbons (Fsp3) is 0.267. The van der Waals surface area contributed by atoms with Crippen molar-refractivity contribution in [3.05, 3.63) is 87.9 Å². The minimum atomic E-state index is -0.888. The van der Waals surface area contributed by atoms with Gasteiger partial charge >= 0.3 is 11.8 Å². The molecule has 0 saturated carbocycles. The molecule has 0 aromatic heterocycles. The van der Waals surface area contributed by atoms with Crippen molar-refractivity contribution in [3.8, 4) is 11.5 Å². The Kier molecular flexibility index (Phi) is 11.1. The van der Waals surface area contributed by atoms with Crippen molar-refractivity contribution < 1.29 is 23.9 Å². The first-order valence-electron chi connectivity index (χ1n) is 12.8. The number of ether oxygens (including phenoxy) is 2. The summed E-state index contributed by atoms with van der Waals surface area (Å²) < 4.78 is 11.3. The number of carbonyl (C=O) groups is 3. The molecule has 0 heterocycles. The Hall–Kier alpha value is -4.37. The number of carbonyl (C=O) groups excluding carboxylic acids is 3. The van der Waals surface area contributed by atoms with E-state index in [-0.39, 0.29) is 19.1 Å². The van der Waals surface area contributed by atoms with Crippen molar-refractivity contribution in [3.63, 3.8) is 0 Å². The maximum absolute atomic E-state index is 12.4. The van der Waals surface area contributed by atoms with Crippen molar-refractivity contribution >= 4 is 41.2 Å². The molecule has 40 heavy (non-hydrogen) atoms. The van der Waals surface area contributed by atoms with Crippen LogP contribution in [0, 0.1) is 6.92 Å². The van der Waals surface area contributed by atoms with E-state index in [9.17, 15) is 14.4 Å². The number of hydrogen-bond acceptors (Lipinski definition) is 6. The van der Waals surface area contributed by atoms with E-state index in [2.05, 4.69) is 35.0 Å². The lowest BCUT2D eigenvalue weighted by atomic mass is 10.0. The van der Waals surface area contributed by atoms with E-state index < -0.39 is 11.8 Å². The van der Waals surface area contributed by atoms with Crippen molar-refractivity contribution in [1.29, 1.82) is 0 Å². The molecule has 10 heteroatoms. The minimum absolute atomic E-state index is 0.226. The van der Waals surface area contributed by atoms with Crippen molar-refractivity contribution in [2.45, 2.75) is 40.2 Å². The van der Waals surface area contributed by atoms with Gasteiger partial charge in [-0.05, 0) is 72.4 Å².